The largest absolute Gasteiger partial charge is 0.383 e. The first kappa shape index (κ1) is 24.1. The van der Waals surface area contributed by atoms with Crippen molar-refractivity contribution in [3.63, 3.8) is 0 Å². The number of hydrogen-bond donors (Lipinski definition) is 0. The van der Waals surface area contributed by atoms with Crippen LogP contribution in [0.4, 0.5) is 0 Å². The number of methoxy groups -OCH3 is 1. The van der Waals surface area contributed by atoms with Crippen LogP contribution in [0.15, 0.2) is 72.1 Å². The van der Waals surface area contributed by atoms with E-state index in [2.05, 4.69) is 23.6 Å². The van der Waals surface area contributed by atoms with Crippen molar-refractivity contribution < 1.29 is 19.1 Å². The van der Waals surface area contributed by atoms with Crippen molar-refractivity contribution in [2.75, 3.05) is 40.0 Å². The fourth-order valence-corrected chi connectivity index (χ4v) is 5.15. The summed E-state index contributed by atoms with van der Waals surface area (Å²) >= 11 is 1.74. The summed E-state index contributed by atoms with van der Waals surface area (Å²) in [5, 5.41) is 2.09. The van der Waals surface area contributed by atoms with Crippen LogP contribution in [0, 0.1) is 0 Å². The number of benzene rings is 2. The second-order valence-corrected chi connectivity index (χ2v) is 9.24. The van der Waals surface area contributed by atoms with Gasteiger partial charge in [-0.15, -0.1) is 11.3 Å². The van der Waals surface area contributed by atoms with Gasteiger partial charge in [-0.1, -0.05) is 60.7 Å². The lowest BCUT2D eigenvalue weighted by atomic mass is 9.93. The Bertz CT molecular complexity index is 1070. The topological polar surface area (TPSA) is 59.1 Å². The first-order chi connectivity index (χ1) is 16.7. The highest BCUT2D eigenvalue weighted by molar-refractivity contribution is 7.10. The van der Waals surface area contributed by atoms with Gasteiger partial charge in [-0.2, -0.15) is 0 Å². The van der Waals surface area contributed by atoms with Crippen molar-refractivity contribution in [2.45, 2.75) is 19.1 Å². The Morgan fingerprint density at radius 3 is 2.53 bits per heavy atom. The van der Waals surface area contributed by atoms with Gasteiger partial charge in [0.1, 0.15) is 6.61 Å². The highest BCUT2D eigenvalue weighted by Crippen LogP contribution is 2.37. The van der Waals surface area contributed by atoms with Crippen molar-refractivity contribution in [3.05, 3.63) is 93.7 Å². The molecule has 0 N–H and O–H groups in total. The van der Waals surface area contributed by atoms with Crippen LogP contribution < -0.4 is 0 Å². The van der Waals surface area contributed by atoms with Crippen LogP contribution in [0.3, 0.4) is 0 Å². The molecule has 178 valence electrons. The molecule has 4 rings (SSSR count). The molecule has 1 aliphatic rings. The molecule has 1 unspecified atom stereocenters. The minimum atomic E-state index is -0.217. The maximum atomic E-state index is 13.5. The highest BCUT2D eigenvalue weighted by atomic mass is 32.1. The summed E-state index contributed by atoms with van der Waals surface area (Å²) in [4.78, 5) is 31.3. The molecular weight excluding hydrogens is 448 g/mol. The third-order valence-electron chi connectivity index (χ3n) is 5.98. The molecular formula is C27H30N2O4S. The highest BCUT2D eigenvalue weighted by Gasteiger charge is 2.33. The summed E-state index contributed by atoms with van der Waals surface area (Å²) in [5.41, 5.74) is 3.26. The van der Waals surface area contributed by atoms with E-state index in [1.54, 1.807) is 23.3 Å². The van der Waals surface area contributed by atoms with Gasteiger partial charge in [-0.25, -0.2) is 0 Å². The molecule has 6 nitrogen and oxygen atoms in total. The second kappa shape index (κ2) is 11.9. The number of thiophene rings is 1. The van der Waals surface area contributed by atoms with Crippen molar-refractivity contribution in [2.24, 2.45) is 0 Å². The van der Waals surface area contributed by atoms with E-state index >= 15 is 0 Å². The normalized spacial score (nSPS) is 15.1. The number of hydrogen-bond acceptors (Lipinski definition) is 5. The van der Waals surface area contributed by atoms with Crippen LogP contribution in [0.1, 0.15) is 27.6 Å². The van der Waals surface area contributed by atoms with Gasteiger partial charge in [0.15, 0.2) is 0 Å². The van der Waals surface area contributed by atoms with E-state index in [4.69, 9.17) is 9.47 Å². The number of rotatable bonds is 10. The molecule has 0 radical (unpaired) electrons. The first-order valence-electron chi connectivity index (χ1n) is 11.5. The van der Waals surface area contributed by atoms with Crippen LogP contribution in [0.25, 0.3) is 0 Å². The van der Waals surface area contributed by atoms with E-state index in [1.165, 1.54) is 10.4 Å². The Morgan fingerprint density at radius 1 is 1.06 bits per heavy atom. The number of fused-ring (bicyclic) bond motifs is 1. The molecule has 0 saturated carbocycles. The molecule has 1 aromatic heterocycles. The van der Waals surface area contributed by atoms with Crippen molar-refractivity contribution in [3.8, 4) is 0 Å². The van der Waals surface area contributed by atoms with E-state index in [1.807, 2.05) is 53.4 Å². The molecule has 0 aliphatic carbocycles. The molecule has 34 heavy (non-hydrogen) atoms. The van der Waals surface area contributed by atoms with Crippen LogP contribution in [0.2, 0.25) is 0 Å². The zero-order chi connectivity index (χ0) is 23.8. The molecule has 0 spiro atoms. The predicted octanol–water partition coefficient (Wildman–Crippen LogP) is 3.91. The lowest BCUT2D eigenvalue weighted by Crippen LogP contribution is -2.48. The SMILES string of the molecule is COCCN(CC(=O)N1CCc2sccc2C1c1ccccc1)C(=O)COCc1ccccc1. The van der Waals surface area contributed by atoms with Gasteiger partial charge in [-0.3, -0.25) is 9.59 Å². The third kappa shape index (κ3) is 5.91. The van der Waals surface area contributed by atoms with E-state index in [0.29, 0.717) is 26.3 Å². The van der Waals surface area contributed by atoms with Gasteiger partial charge in [0.05, 0.1) is 25.8 Å². The van der Waals surface area contributed by atoms with E-state index in [0.717, 1.165) is 17.5 Å². The van der Waals surface area contributed by atoms with Gasteiger partial charge in [0.2, 0.25) is 11.8 Å². The zero-order valence-electron chi connectivity index (χ0n) is 19.4. The standard InChI is InChI=1S/C27H30N2O4S/c1-32-16-15-28(26(31)20-33-19-21-8-4-2-5-9-21)18-25(30)29-14-12-24-23(13-17-34-24)27(29)22-10-6-3-7-11-22/h2-11,13,17,27H,12,14-16,18-20H2,1H3. The van der Waals surface area contributed by atoms with Crippen LogP contribution in [-0.4, -0.2) is 61.6 Å². The lowest BCUT2D eigenvalue weighted by Gasteiger charge is -2.37. The van der Waals surface area contributed by atoms with Crippen LogP contribution >= 0.6 is 11.3 Å². The minimum Gasteiger partial charge on any atom is -0.383 e. The molecule has 3 aromatic rings. The van der Waals surface area contributed by atoms with Crippen LogP contribution in [-0.2, 0) is 32.1 Å². The van der Waals surface area contributed by atoms with E-state index in [9.17, 15) is 9.59 Å². The summed E-state index contributed by atoms with van der Waals surface area (Å²) < 4.78 is 10.8. The number of nitrogens with zero attached hydrogens (tertiary/aromatic N) is 2. The number of carbonyl (C=O) groups excluding carboxylic acids is 2. The molecule has 7 heteroatoms. The Morgan fingerprint density at radius 2 is 1.79 bits per heavy atom. The zero-order valence-corrected chi connectivity index (χ0v) is 20.2. The Balaban J connectivity index is 1.45. The lowest BCUT2D eigenvalue weighted by molar-refractivity contribution is -0.145. The molecule has 2 amide bonds. The summed E-state index contributed by atoms with van der Waals surface area (Å²) in [7, 11) is 1.59. The average molecular weight is 479 g/mol. The Labute approximate surface area is 204 Å². The molecule has 0 fully saturated rings. The molecule has 1 atom stereocenters. The summed E-state index contributed by atoms with van der Waals surface area (Å²) in [6, 6.07) is 21.8. The predicted molar refractivity (Wildman–Crippen MR) is 133 cm³/mol. The Hall–Kier alpha value is -3.00. The monoisotopic (exact) mass is 478 g/mol. The molecule has 2 heterocycles. The minimum absolute atomic E-state index is 0.000303. The van der Waals surface area contributed by atoms with Gasteiger partial charge in [-0.05, 0) is 34.6 Å². The smallest absolute Gasteiger partial charge is 0.249 e. The third-order valence-corrected chi connectivity index (χ3v) is 6.98. The number of carbonyl (C=O) groups is 2. The van der Waals surface area contributed by atoms with Crippen molar-refractivity contribution in [1.82, 2.24) is 9.80 Å². The number of amides is 2. The molecule has 0 bridgehead atoms. The second-order valence-electron chi connectivity index (χ2n) is 8.24. The quantitative estimate of drug-likeness (QED) is 0.443. The molecule has 1 aliphatic heterocycles. The maximum Gasteiger partial charge on any atom is 0.249 e. The van der Waals surface area contributed by atoms with E-state index in [-0.39, 0.29) is 31.0 Å². The molecule has 0 saturated heterocycles. The summed E-state index contributed by atoms with van der Waals surface area (Å²) in [6.45, 7) is 1.59. The first-order valence-corrected chi connectivity index (χ1v) is 12.3. The summed E-state index contributed by atoms with van der Waals surface area (Å²) in [6.07, 6.45) is 0.828. The number of ether oxygens (including phenoxy) is 2. The Kier molecular flexibility index (Phi) is 8.46. The van der Waals surface area contributed by atoms with Gasteiger partial charge in [0.25, 0.3) is 0 Å². The van der Waals surface area contributed by atoms with Gasteiger partial charge in [0, 0.05) is 25.1 Å². The summed E-state index contributed by atoms with van der Waals surface area (Å²) in [5.74, 6) is -0.288. The van der Waals surface area contributed by atoms with Crippen molar-refractivity contribution >= 4 is 23.2 Å². The van der Waals surface area contributed by atoms with Crippen LogP contribution in [0.5, 0.6) is 0 Å². The van der Waals surface area contributed by atoms with E-state index < -0.39 is 0 Å². The van der Waals surface area contributed by atoms with Crippen molar-refractivity contribution in [1.29, 1.82) is 0 Å². The van der Waals surface area contributed by atoms with Gasteiger partial charge >= 0.3 is 0 Å². The maximum absolute atomic E-state index is 13.5. The van der Waals surface area contributed by atoms with Gasteiger partial charge < -0.3 is 19.3 Å². The average Bonchev–Trinajstić information content (AvgIpc) is 3.36. The fraction of sp³-hybridized carbons (Fsp3) is 0.333. The molecule has 2 aromatic carbocycles. The fourth-order valence-electron chi connectivity index (χ4n) is 4.25.